The van der Waals surface area contributed by atoms with Crippen molar-refractivity contribution in [1.29, 1.82) is 0 Å². The van der Waals surface area contributed by atoms with Crippen molar-refractivity contribution in [2.24, 2.45) is 0 Å². The third kappa shape index (κ3) is 3.80. The third-order valence-electron chi connectivity index (χ3n) is 3.82. The highest BCUT2D eigenvalue weighted by Gasteiger charge is 2.33. The summed E-state index contributed by atoms with van der Waals surface area (Å²) < 4.78 is 5.21. The number of hydrogen-bond donors (Lipinski definition) is 1. The van der Waals surface area contributed by atoms with Gasteiger partial charge >= 0.3 is 5.97 Å². The Morgan fingerprint density at radius 3 is 3.00 bits per heavy atom. The molecule has 1 aromatic rings. The number of quaternary nitrogens is 1. The van der Waals surface area contributed by atoms with Gasteiger partial charge in [0, 0.05) is 12.0 Å². The summed E-state index contributed by atoms with van der Waals surface area (Å²) in [5, 5.41) is 0. The normalized spacial score (nSPS) is 23.1. The number of likely N-dealkylation sites (tertiary alicyclic amines) is 1. The average Bonchev–Trinajstić information content (AvgIpc) is 2.39. The zero-order valence-corrected chi connectivity index (χ0v) is 11.9. The highest BCUT2D eigenvalue weighted by atomic mass is 16.5. The van der Waals surface area contributed by atoms with E-state index in [0.29, 0.717) is 6.61 Å². The molecule has 1 aliphatic heterocycles. The number of nitrogens with one attached hydrogen (secondary N) is 1. The van der Waals surface area contributed by atoms with Crippen molar-refractivity contribution >= 4 is 5.97 Å². The van der Waals surface area contributed by atoms with E-state index >= 15 is 0 Å². The fraction of sp³-hybridized carbons (Fsp3) is 0.562. The van der Waals surface area contributed by atoms with Gasteiger partial charge in [0.2, 0.25) is 0 Å². The van der Waals surface area contributed by atoms with Gasteiger partial charge in [0.25, 0.3) is 0 Å². The molecule has 3 nitrogen and oxygen atoms in total. The Hall–Kier alpha value is -1.35. The summed E-state index contributed by atoms with van der Waals surface area (Å²) in [5.41, 5.74) is 2.59. The zero-order valence-electron chi connectivity index (χ0n) is 11.9. The standard InChI is InChI=1S/C16H23NO2/c1-3-19-16(18)15-9-4-5-10-17(15)12-14-8-6-7-13(2)11-14/h6-8,11,15H,3-5,9-10,12H2,1-2H3/p+1/t15-/m0/s1. The molecule has 1 N–H and O–H groups in total. The zero-order chi connectivity index (χ0) is 13.7. The van der Waals surface area contributed by atoms with Crippen molar-refractivity contribution in [3.8, 4) is 0 Å². The highest BCUT2D eigenvalue weighted by Crippen LogP contribution is 2.08. The molecule has 0 radical (unpaired) electrons. The van der Waals surface area contributed by atoms with Crippen LogP contribution >= 0.6 is 0 Å². The lowest BCUT2D eigenvalue weighted by Gasteiger charge is -2.31. The van der Waals surface area contributed by atoms with Gasteiger partial charge in [-0.15, -0.1) is 0 Å². The predicted molar refractivity (Wildman–Crippen MR) is 75.0 cm³/mol. The summed E-state index contributed by atoms with van der Waals surface area (Å²) in [6.07, 6.45) is 3.30. The largest absolute Gasteiger partial charge is 0.462 e. The molecule has 0 aromatic heterocycles. The molecular weight excluding hydrogens is 238 g/mol. The minimum Gasteiger partial charge on any atom is -0.462 e. The Bertz CT molecular complexity index is 431. The molecule has 1 saturated heterocycles. The van der Waals surface area contributed by atoms with E-state index in [-0.39, 0.29) is 12.0 Å². The van der Waals surface area contributed by atoms with Crippen molar-refractivity contribution in [3.63, 3.8) is 0 Å². The Labute approximate surface area is 115 Å². The van der Waals surface area contributed by atoms with E-state index in [1.54, 1.807) is 0 Å². The molecule has 1 unspecified atom stereocenters. The van der Waals surface area contributed by atoms with Crippen molar-refractivity contribution in [1.82, 2.24) is 0 Å². The summed E-state index contributed by atoms with van der Waals surface area (Å²) in [4.78, 5) is 13.4. The van der Waals surface area contributed by atoms with Gasteiger partial charge < -0.3 is 9.64 Å². The molecule has 0 bridgehead atoms. The van der Waals surface area contributed by atoms with E-state index < -0.39 is 0 Å². The van der Waals surface area contributed by atoms with Gasteiger partial charge in [0.05, 0.1) is 13.2 Å². The van der Waals surface area contributed by atoms with E-state index in [2.05, 4.69) is 31.2 Å². The van der Waals surface area contributed by atoms with Gasteiger partial charge in [-0.3, -0.25) is 0 Å². The van der Waals surface area contributed by atoms with Gasteiger partial charge in [-0.25, -0.2) is 4.79 Å². The number of hydrogen-bond acceptors (Lipinski definition) is 2. The van der Waals surface area contributed by atoms with Crippen molar-refractivity contribution in [2.75, 3.05) is 13.2 Å². The summed E-state index contributed by atoms with van der Waals surface area (Å²) in [7, 11) is 0. The summed E-state index contributed by atoms with van der Waals surface area (Å²) >= 11 is 0. The Morgan fingerprint density at radius 2 is 2.26 bits per heavy atom. The number of carbonyl (C=O) groups excluding carboxylic acids is 1. The molecule has 19 heavy (non-hydrogen) atoms. The van der Waals surface area contributed by atoms with Crippen LogP contribution in [0.3, 0.4) is 0 Å². The fourth-order valence-corrected chi connectivity index (χ4v) is 2.90. The molecule has 2 rings (SSSR count). The monoisotopic (exact) mass is 262 g/mol. The molecule has 0 amide bonds. The fourth-order valence-electron chi connectivity index (χ4n) is 2.90. The van der Waals surface area contributed by atoms with Gasteiger partial charge in [0.1, 0.15) is 6.54 Å². The number of esters is 1. The van der Waals surface area contributed by atoms with Crippen LogP contribution in [0.5, 0.6) is 0 Å². The van der Waals surface area contributed by atoms with Crippen molar-refractivity contribution in [3.05, 3.63) is 35.4 Å². The number of carbonyl (C=O) groups is 1. The average molecular weight is 262 g/mol. The molecular formula is C16H24NO2+. The summed E-state index contributed by atoms with van der Waals surface area (Å²) in [6, 6.07) is 8.58. The second kappa shape index (κ2) is 6.71. The van der Waals surface area contributed by atoms with Gasteiger partial charge in [-0.05, 0) is 26.7 Å². The minimum absolute atomic E-state index is 0.0224. The topological polar surface area (TPSA) is 30.7 Å². The van der Waals surface area contributed by atoms with Gasteiger partial charge in [0.15, 0.2) is 6.04 Å². The van der Waals surface area contributed by atoms with Crippen molar-refractivity contribution < 1.29 is 14.4 Å². The first-order valence-electron chi connectivity index (χ1n) is 7.27. The van der Waals surface area contributed by atoms with Crippen LogP contribution in [0.15, 0.2) is 24.3 Å². The van der Waals surface area contributed by atoms with Crippen LogP contribution in [0, 0.1) is 6.92 Å². The van der Waals surface area contributed by atoms with Crippen LogP contribution < -0.4 is 4.90 Å². The summed E-state index contributed by atoms with van der Waals surface area (Å²) in [5.74, 6) is -0.0233. The lowest BCUT2D eigenvalue weighted by Crippen LogP contribution is -3.16. The number of rotatable bonds is 4. The quantitative estimate of drug-likeness (QED) is 0.834. The molecule has 2 atom stereocenters. The van der Waals surface area contributed by atoms with Gasteiger partial charge in [-0.1, -0.05) is 29.8 Å². The number of piperidine rings is 1. The van der Waals surface area contributed by atoms with Crippen LogP contribution in [0.25, 0.3) is 0 Å². The first-order valence-corrected chi connectivity index (χ1v) is 7.27. The first-order chi connectivity index (χ1) is 9.20. The third-order valence-corrected chi connectivity index (χ3v) is 3.82. The van der Waals surface area contributed by atoms with E-state index in [1.807, 2.05) is 6.92 Å². The van der Waals surface area contributed by atoms with Crippen LogP contribution in [0.4, 0.5) is 0 Å². The molecule has 3 heteroatoms. The smallest absolute Gasteiger partial charge is 0.364 e. The maximum atomic E-state index is 12.0. The van der Waals surface area contributed by atoms with E-state index in [9.17, 15) is 4.79 Å². The summed E-state index contributed by atoms with van der Waals surface area (Å²) in [6.45, 7) is 6.45. The SMILES string of the molecule is CCOC(=O)[C@@H]1CCCC[NH+]1Cc1cccc(C)c1. The number of ether oxygens (including phenoxy) is 1. The molecule has 1 fully saturated rings. The van der Waals surface area contributed by atoms with E-state index in [1.165, 1.54) is 22.4 Å². The van der Waals surface area contributed by atoms with E-state index in [4.69, 9.17) is 4.74 Å². The van der Waals surface area contributed by atoms with E-state index in [0.717, 1.165) is 25.9 Å². The molecule has 104 valence electrons. The Kier molecular flexibility index (Phi) is 4.97. The van der Waals surface area contributed by atoms with Crippen LogP contribution in [0.2, 0.25) is 0 Å². The molecule has 1 aliphatic rings. The molecule has 0 spiro atoms. The van der Waals surface area contributed by atoms with Crippen LogP contribution in [-0.4, -0.2) is 25.2 Å². The number of benzene rings is 1. The van der Waals surface area contributed by atoms with Crippen molar-refractivity contribution in [2.45, 2.75) is 45.7 Å². The first kappa shape index (κ1) is 14.1. The lowest BCUT2D eigenvalue weighted by molar-refractivity contribution is -0.935. The number of aryl methyl sites for hydroxylation is 1. The molecule has 0 saturated carbocycles. The second-order valence-corrected chi connectivity index (χ2v) is 5.37. The molecule has 0 aliphatic carbocycles. The second-order valence-electron chi connectivity index (χ2n) is 5.37. The highest BCUT2D eigenvalue weighted by molar-refractivity contribution is 5.74. The Morgan fingerprint density at radius 1 is 1.42 bits per heavy atom. The molecule has 1 aromatic carbocycles. The minimum atomic E-state index is -0.0233. The van der Waals surface area contributed by atoms with Crippen LogP contribution in [0.1, 0.15) is 37.3 Å². The van der Waals surface area contributed by atoms with Crippen LogP contribution in [-0.2, 0) is 16.1 Å². The maximum absolute atomic E-state index is 12.0. The predicted octanol–water partition coefficient (Wildman–Crippen LogP) is 1.50. The Balaban J connectivity index is 2.05. The molecule has 1 heterocycles. The van der Waals surface area contributed by atoms with Gasteiger partial charge in [-0.2, -0.15) is 0 Å². The lowest BCUT2D eigenvalue weighted by atomic mass is 10.0. The maximum Gasteiger partial charge on any atom is 0.364 e.